The van der Waals surface area contributed by atoms with Crippen LogP contribution in [0, 0.1) is 6.92 Å². The third-order valence-electron chi connectivity index (χ3n) is 10.5. The number of sulfonamides is 1. The summed E-state index contributed by atoms with van der Waals surface area (Å²) in [4.78, 5) is 26.7. The van der Waals surface area contributed by atoms with Crippen molar-refractivity contribution in [3.05, 3.63) is 173 Å². The predicted molar refractivity (Wildman–Crippen MR) is 225 cm³/mol. The van der Waals surface area contributed by atoms with Gasteiger partial charge in [-0.05, 0) is 41.3 Å². The fourth-order valence-corrected chi connectivity index (χ4v) is 9.07. The van der Waals surface area contributed by atoms with Gasteiger partial charge in [0.1, 0.15) is 36.6 Å². The van der Waals surface area contributed by atoms with Crippen molar-refractivity contribution in [3.63, 3.8) is 0 Å². The third-order valence-corrected chi connectivity index (χ3v) is 12.4. The summed E-state index contributed by atoms with van der Waals surface area (Å²) in [5.41, 5.74) is 4.47. The molecule has 5 aromatic carbocycles. The van der Waals surface area contributed by atoms with Gasteiger partial charge in [-0.2, -0.15) is 4.31 Å². The minimum absolute atomic E-state index is 0.0132. The first-order valence-corrected chi connectivity index (χ1v) is 21.8. The summed E-state index contributed by atoms with van der Waals surface area (Å²) in [7, 11) is -4.26. The summed E-state index contributed by atoms with van der Waals surface area (Å²) in [5, 5.41) is 0. The van der Waals surface area contributed by atoms with Gasteiger partial charge in [-0.15, -0.1) is 0 Å². The molecule has 2 saturated heterocycles. The van der Waals surface area contributed by atoms with Crippen LogP contribution in [0.3, 0.4) is 0 Å². The van der Waals surface area contributed by atoms with Crippen molar-refractivity contribution in [1.29, 1.82) is 0 Å². The van der Waals surface area contributed by atoms with Gasteiger partial charge in [0, 0.05) is 13.3 Å². The van der Waals surface area contributed by atoms with E-state index in [9.17, 15) is 18.0 Å². The molecule has 2 unspecified atom stereocenters. The molecule has 0 aromatic heterocycles. The van der Waals surface area contributed by atoms with E-state index in [0.29, 0.717) is 0 Å². The van der Waals surface area contributed by atoms with Crippen LogP contribution in [0.4, 0.5) is 0 Å². The average Bonchev–Trinajstić information content (AvgIpc) is 3.71. The van der Waals surface area contributed by atoms with E-state index in [0.717, 1.165) is 32.1 Å². The zero-order chi connectivity index (χ0) is 42.6. The van der Waals surface area contributed by atoms with Crippen molar-refractivity contribution in [2.75, 3.05) is 13.2 Å². The first-order chi connectivity index (χ1) is 29.6. The quantitative estimate of drug-likeness (QED) is 0.0850. The maximum atomic E-state index is 14.6. The number of hydrogen-bond donors (Lipinski definition) is 0. The van der Waals surface area contributed by atoms with Gasteiger partial charge in [0.2, 0.25) is 16.3 Å². The standard InChI is InChI=1S/C48H51NO11S/c1-34-23-25-41(26-24-34)61(52,53)49-28-40(58-35(2)50)27-42(49)47(51)60-48-46(57-32-39-21-13-6-14-22-39)45(56-31-38-19-11-5-12-20-38)44(55-30-37-17-9-4-10-18-37)43(59-48)33-54-29-36-15-7-3-8-16-36/h3-26,40,42-46,48H,27-33H2,1-2H3/t40?,42?,43-,44-,45+,46-,48+/m1/s1. The molecule has 0 aliphatic carbocycles. The van der Waals surface area contributed by atoms with Crippen molar-refractivity contribution in [2.45, 2.75) is 94.4 Å². The number of carbonyl (C=O) groups excluding carboxylic acids is 2. The Morgan fingerprint density at radius 2 is 1.10 bits per heavy atom. The molecule has 5 aromatic rings. The summed E-state index contributed by atoms with van der Waals surface area (Å²) >= 11 is 0. The van der Waals surface area contributed by atoms with Gasteiger partial charge in [0.25, 0.3) is 0 Å². The normalized spacial score (nSPS) is 23.0. The molecule has 0 radical (unpaired) electrons. The van der Waals surface area contributed by atoms with Crippen molar-refractivity contribution >= 4 is 22.0 Å². The second kappa shape index (κ2) is 21.0. The van der Waals surface area contributed by atoms with E-state index >= 15 is 0 Å². The van der Waals surface area contributed by atoms with Crippen LogP contribution in [0.1, 0.15) is 41.2 Å². The van der Waals surface area contributed by atoms with Crippen molar-refractivity contribution in [1.82, 2.24) is 4.31 Å². The Labute approximate surface area is 357 Å². The highest BCUT2D eigenvalue weighted by Crippen LogP contribution is 2.34. The molecule has 2 aliphatic heterocycles. The monoisotopic (exact) mass is 849 g/mol. The number of benzene rings is 5. The number of esters is 2. The number of rotatable bonds is 18. The summed E-state index contributed by atoms with van der Waals surface area (Å²) in [6, 6.07) is 43.5. The molecular formula is C48H51NO11S. The Morgan fingerprint density at radius 1 is 0.623 bits per heavy atom. The number of ether oxygens (including phenoxy) is 7. The lowest BCUT2D eigenvalue weighted by molar-refractivity contribution is -0.321. The highest BCUT2D eigenvalue weighted by molar-refractivity contribution is 7.89. The van der Waals surface area contributed by atoms with Crippen LogP contribution < -0.4 is 0 Å². The van der Waals surface area contributed by atoms with Crippen molar-refractivity contribution in [2.24, 2.45) is 0 Å². The van der Waals surface area contributed by atoms with Gasteiger partial charge < -0.3 is 33.2 Å². The molecule has 61 heavy (non-hydrogen) atoms. The molecule has 0 bridgehead atoms. The number of hydrogen-bond acceptors (Lipinski definition) is 11. The van der Waals surface area contributed by atoms with Crippen LogP contribution in [0.2, 0.25) is 0 Å². The van der Waals surface area contributed by atoms with Crippen LogP contribution in [-0.4, -0.2) is 80.7 Å². The summed E-state index contributed by atoms with van der Waals surface area (Å²) in [5.74, 6) is -1.51. The van der Waals surface area contributed by atoms with E-state index < -0.39 is 64.8 Å². The molecular weight excluding hydrogens is 799 g/mol. The zero-order valence-corrected chi connectivity index (χ0v) is 35.0. The highest BCUT2D eigenvalue weighted by Gasteiger charge is 2.52. The highest BCUT2D eigenvalue weighted by atomic mass is 32.2. The van der Waals surface area contributed by atoms with Gasteiger partial charge in [-0.3, -0.25) is 9.59 Å². The van der Waals surface area contributed by atoms with Crippen molar-refractivity contribution < 1.29 is 51.2 Å². The molecule has 0 saturated carbocycles. The average molecular weight is 850 g/mol. The largest absolute Gasteiger partial charge is 0.461 e. The Morgan fingerprint density at radius 3 is 1.61 bits per heavy atom. The smallest absolute Gasteiger partial charge is 0.327 e. The number of aryl methyl sites for hydroxylation is 1. The van der Waals surface area contributed by atoms with E-state index in [1.807, 2.05) is 128 Å². The maximum Gasteiger partial charge on any atom is 0.327 e. The van der Waals surface area contributed by atoms with E-state index in [1.54, 1.807) is 12.1 Å². The van der Waals surface area contributed by atoms with E-state index in [4.69, 9.17) is 33.2 Å². The van der Waals surface area contributed by atoms with Crippen molar-refractivity contribution in [3.8, 4) is 0 Å². The van der Waals surface area contributed by atoms with Crippen LogP contribution >= 0.6 is 0 Å². The summed E-state index contributed by atoms with van der Waals surface area (Å²) in [6.45, 7) is 3.59. The second-order valence-corrected chi connectivity index (χ2v) is 17.0. The maximum absolute atomic E-state index is 14.6. The van der Waals surface area contributed by atoms with Gasteiger partial charge >= 0.3 is 11.9 Å². The molecule has 2 heterocycles. The Hall–Kier alpha value is -5.25. The molecule has 0 amide bonds. The first-order valence-electron chi connectivity index (χ1n) is 20.3. The Balaban J connectivity index is 1.23. The molecule has 0 N–H and O–H groups in total. The number of nitrogens with zero attached hydrogens (tertiary/aromatic N) is 1. The lowest BCUT2D eigenvalue weighted by Gasteiger charge is -2.45. The second-order valence-electron chi connectivity index (χ2n) is 15.1. The molecule has 0 spiro atoms. The fraction of sp³-hybridized carbons (Fsp3) is 0.333. The molecule has 12 nitrogen and oxygen atoms in total. The summed E-state index contributed by atoms with van der Waals surface area (Å²) in [6.07, 6.45) is -6.08. The SMILES string of the molecule is CC(=O)OC1CC(C(=O)O[C@@H]2O[C@H](COCc3ccccc3)[C@@H](OCc3ccccc3)[C@H](OCc3ccccc3)[C@H]2OCc2ccccc2)N(S(=O)(=O)c2ccc(C)cc2)C1. The van der Waals surface area contributed by atoms with E-state index in [-0.39, 0.29) is 50.9 Å². The molecule has 7 rings (SSSR count). The minimum atomic E-state index is -4.26. The Bertz CT molecular complexity index is 2250. The molecule has 13 heteroatoms. The molecule has 2 fully saturated rings. The predicted octanol–water partition coefficient (Wildman–Crippen LogP) is 6.93. The topological polar surface area (TPSA) is 136 Å². The van der Waals surface area contributed by atoms with Crippen LogP contribution in [0.25, 0.3) is 0 Å². The van der Waals surface area contributed by atoms with E-state index in [1.165, 1.54) is 19.1 Å². The molecule has 7 atom stereocenters. The molecule has 320 valence electrons. The minimum Gasteiger partial charge on any atom is -0.461 e. The molecule has 2 aliphatic rings. The van der Waals surface area contributed by atoms with Gasteiger partial charge in [0.15, 0.2) is 0 Å². The lowest BCUT2D eigenvalue weighted by Crippen LogP contribution is -2.62. The third kappa shape index (κ3) is 11.8. The van der Waals surface area contributed by atoms with Crippen LogP contribution in [-0.2, 0) is 79.2 Å². The number of carbonyl (C=O) groups is 2. The van der Waals surface area contributed by atoms with E-state index in [2.05, 4.69) is 0 Å². The first kappa shape index (κ1) is 43.8. The van der Waals surface area contributed by atoms with Gasteiger partial charge in [-0.1, -0.05) is 139 Å². The van der Waals surface area contributed by atoms with Crippen LogP contribution in [0.15, 0.2) is 150 Å². The zero-order valence-electron chi connectivity index (χ0n) is 34.2. The van der Waals surface area contributed by atoms with Gasteiger partial charge in [0.05, 0.1) is 44.5 Å². The lowest BCUT2D eigenvalue weighted by atomic mass is 9.97. The van der Waals surface area contributed by atoms with Crippen LogP contribution in [0.5, 0.6) is 0 Å². The van der Waals surface area contributed by atoms with Gasteiger partial charge in [-0.25, -0.2) is 8.42 Å². The fourth-order valence-electron chi connectivity index (χ4n) is 7.45. The summed E-state index contributed by atoms with van der Waals surface area (Å²) < 4.78 is 74.2. The Kier molecular flexibility index (Phi) is 15.1.